The van der Waals surface area contributed by atoms with E-state index in [0.717, 1.165) is 5.56 Å². The van der Waals surface area contributed by atoms with Gasteiger partial charge in [-0.05, 0) is 42.5 Å². The maximum Gasteiger partial charge on any atom is 0.269 e. The average molecular weight is 433 g/mol. The van der Waals surface area contributed by atoms with Gasteiger partial charge in [-0.3, -0.25) is 19.3 Å². The summed E-state index contributed by atoms with van der Waals surface area (Å²) < 4.78 is 19.7. The zero-order chi connectivity index (χ0) is 22.5. The van der Waals surface area contributed by atoms with E-state index >= 15 is 0 Å². The molecule has 0 spiro atoms. The molecule has 0 aliphatic carbocycles. The predicted molar refractivity (Wildman–Crippen MR) is 117 cm³/mol. The van der Waals surface area contributed by atoms with Crippen LogP contribution in [0.5, 0.6) is 5.75 Å². The Morgan fingerprint density at radius 1 is 1.09 bits per heavy atom. The number of nitrogens with one attached hydrogen (secondary N) is 2. The molecule has 0 unspecified atom stereocenters. The molecule has 2 N–H and O–H groups in total. The number of hydrogen-bond acceptors (Lipinski definition) is 5. The normalized spacial score (nSPS) is 10.7. The Kier molecular flexibility index (Phi) is 6.07. The molecule has 8 nitrogen and oxygen atoms in total. The summed E-state index contributed by atoms with van der Waals surface area (Å²) in [4.78, 5) is 29.0. The van der Waals surface area contributed by atoms with Crippen LogP contribution in [0.2, 0.25) is 0 Å². The second kappa shape index (κ2) is 9.25. The van der Waals surface area contributed by atoms with Gasteiger partial charge in [0.2, 0.25) is 0 Å². The van der Waals surface area contributed by atoms with Gasteiger partial charge in [0, 0.05) is 30.3 Å². The summed E-state index contributed by atoms with van der Waals surface area (Å²) in [6, 6.07) is 16.1. The number of halogens is 1. The van der Waals surface area contributed by atoms with Gasteiger partial charge in [0.25, 0.3) is 11.5 Å². The monoisotopic (exact) mass is 433 g/mol. The molecule has 1 amide bonds. The van der Waals surface area contributed by atoms with E-state index in [1.165, 1.54) is 29.1 Å². The van der Waals surface area contributed by atoms with E-state index in [1.807, 2.05) is 24.3 Å². The number of aromatic amines is 1. The first-order valence-corrected chi connectivity index (χ1v) is 9.84. The zero-order valence-corrected chi connectivity index (χ0v) is 17.2. The van der Waals surface area contributed by atoms with Gasteiger partial charge in [-0.2, -0.15) is 5.10 Å². The van der Waals surface area contributed by atoms with Crippen molar-refractivity contribution in [3.63, 3.8) is 0 Å². The van der Waals surface area contributed by atoms with Gasteiger partial charge in [0.15, 0.2) is 0 Å². The van der Waals surface area contributed by atoms with E-state index in [9.17, 15) is 14.0 Å². The van der Waals surface area contributed by atoms with Gasteiger partial charge in [-0.25, -0.2) is 9.37 Å². The molecule has 4 rings (SSSR count). The number of ether oxygens (including phenoxy) is 1. The standard InChI is InChI=1S/C23H20FN5O3/c1-32-18-4-2-3-16(11-18)20-12-21(28-27-20)23(31)25-9-10-29-14-26-19(13-22(29)30)15-5-7-17(24)8-6-15/h2-8,11-14H,9-10H2,1H3,(H,25,31)(H,27,28). The number of hydrogen-bond donors (Lipinski definition) is 2. The molecule has 32 heavy (non-hydrogen) atoms. The Morgan fingerprint density at radius 2 is 1.91 bits per heavy atom. The molecular weight excluding hydrogens is 413 g/mol. The van der Waals surface area contributed by atoms with Crippen molar-refractivity contribution in [3.8, 4) is 28.3 Å². The molecule has 0 atom stereocenters. The minimum atomic E-state index is -0.356. The van der Waals surface area contributed by atoms with Crippen LogP contribution in [0, 0.1) is 5.82 Å². The lowest BCUT2D eigenvalue weighted by molar-refractivity contribution is 0.0947. The SMILES string of the molecule is COc1cccc(-c2cc(C(=O)NCCn3cnc(-c4ccc(F)cc4)cc3=O)[nH]n2)c1. The summed E-state index contributed by atoms with van der Waals surface area (Å²) in [5.41, 5.74) is 2.58. The third-order valence-corrected chi connectivity index (χ3v) is 4.85. The first kappa shape index (κ1) is 21.0. The molecule has 2 aromatic carbocycles. The van der Waals surface area contributed by atoms with Crippen molar-refractivity contribution < 1.29 is 13.9 Å². The van der Waals surface area contributed by atoms with Gasteiger partial charge in [-0.1, -0.05) is 12.1 Å². The summed E-state index contributed by atoms with van der Waals surface area (Å²) in [6.07, 6.45) is 1.41. The molecule has 0 radical (unpaired) electrons. The summed E-state index contributed by atoms with van der Waals surface area (Å²) in [5.74, 6) is 0.00213. The number of nitrogens with zero attached hydrogens (tertiary/aromatic N) is 3. The Morgan fingerprint density at radius 3 is 2.66 bits per heavy atom. The molecule has 0 fully saturated rings. The molecule has 4 aromatic rings. The fraction of sp³-hybridized carbons (Fsp3) is 0.130. The topological polar surface area (TPSA) is 102 Å². The van der Waals surface area contributed by atoms with Crippen molar-refractivity contribution in [2.75, 3.05) is 13.7 Å². The van der Waals surface area contributed by atoms with Crippen LogP contribution >= 0.6 is 0 Å². The van der Waals surface area contributed by atoms with E-state index in [2.05, 4.69) is 20.5 Å². The number of rotatable bonds is 7. The molecule has 0 saturated heterocycles. The number of H-pyrrole nitrogens is 1. The van der Waals surface area contributed by atoms with E-state index in [0.29, 0.717) is 28.4 Å². The number of amides is 1. The summed E-state index contributed by atoms with van der Waals surface area (Å²) in [6.45, 7) is 0.474. The van der Waals surface area contributed by atoms with Crippen LogP contribution in [0.3, 0.4) is 0 Å². The highest BCUT2D eigenvalue weighted by Crippen LogP contribution is 2.22. The second-order valence-corrected chi connectivity index (χ2v) is 6.97. The van der Waals surface area contributed by atoms with Crippen molar-refractivity contribution in [1.82, 2.24) is 25.1 Å². The smallest absolute Gasteiger partial charge is 0.269 e. The maximum absolute atomic E-state index is 13.1. The van der Waals surface area contributed by atoms with Gasteiger partial charge >= 0.3 is 0 Å². The van der Waals surface area contributed by atoms with Crippen LogP contribution in [-0.2, 0) is 6.54 Å². The van der Waals surface area contributed by atoms with Crippen molar-refractivity contribution >= 4 is 5.91 Å². The van der Waals surface area contributed by atoms with Gasteiger partial charge in [0.05, 0.1) is 24.8 Å². The van der Waals surface area contributed by atoms with Crippen LogP contribution in [0.15, 0.2) is 71.8 Å². The van der Waals surface area contributed by atoms with E-state index in [4.69, 9.17) is 4.74 Å². The second-order valence-electron chi connectivity index (χ2n) is 6.97. The lowest BCUT2D eigenvalue weighted by Crippen LogP contribution is -2.31. The minimum Gasteiger partial charge on any atom is -0.497 e. The highest BCUT2D eigenvalue weighted by atomic mass is 19.1. The molecule has 0 aliphatic heterocycles. The summed E-state index contributed by atoms with van der Waals surface area (Å²) in [7, 11) is 1.58. The summed E-state index contributed by atoms with van der Waals surface area (Å²) >= 11 is 0. The van der Waals surface area contributed by atoms with Gasteiger partial charge < -0.3 is 10.1 Å². The van der Waals surface area contributed by atoms with Crippen LogP contribution in [0.1, 0.15) is 10.5 Å². The summed E-state index contributed by atoms with van der Waals surface area (Å²) in [5, 5.41) is 9.65. The molecule has 2 aromatic heterocycles. The number of carbonyl (C=O) groups excluding carboxylic acids is 1. The number of methoxy groups -OCH3 is 1. The Bertz CT molecular complexity index is 1300. The fourth-order valence-electron chi connectivity index (χ4n) is 3.13. The molecule has 0 bridgehead atoms. The van der Waals surface area contributed by atoms with Crippen LogP contribution in [0.25, 0.3) is 22.5 Å². The fourth-order valence-corrected chi connectivity index (χ4v) is 3.13. The first-order chi connectivity index (χ1) is 15.5. The molecular formula is C23H20FN5O3. The van der Waals surface area contributed by atoms with Gasteiger partial charge in [0.1, 0.15) is 17.3 Å². The molecule has 9 heteroatoms. The maximum atomic E-state index is 13.1. The predicted octanol–water partition coefficient (Wildman–Crippen LogP) is 2.88. The van der Waals surface area contributed by atoms with Crippen LogP contribution in [0.4, 0.5) is 4.39 Å². The van der Waals surface area contributed by atoms with Crippen molar-refractivity contribution in [2.45, 2.75) is 6.54 Å². The van der Waals surface area contributed by atoms with E-state index in [1.54, 1.807) is 25.3 Å². The number of benzene rings is 2. The highest BCUT2D eigenvalue weighted by Gasteiger charge is 2.11. The number of carbonyl (C=O) groups is 1. The highest BCUT2D eigenvalue weighted by molar-refractivity contribution is 5.93. The van der Waals surface area contributed by atoms with E-state index < -0.39 is 0 Å². The van der Waals surface area contributed by atoms with Crippen molar-refractivity contribution in [3.05, 3.63) is 88.9 Å². The van der Waals surface area contributed by atoms with E-state index in [-0.39, 0.29) is 30.4 Å². The first-order valence-electron chi connectivity index (χ1n) is 9.84. The zero-order valence-electron chi connectivity index (χ0n) is 17.2. The van der Waals surface area contributed by atoms with Gasteiger partial charge in [-0.15, -0.1) is 0 Å². The Balaban J connectivity index is 1.36. The molecule has 0 saturated carbocycles. The third kappa shape index (κ3) is 4.72. The lowest BCUT2D eigenvalue weighted by Gasteiger charge is -2.07. The quantitative estimate of drug-likeness (QED) is 0.467. The third-order valence-electron chi connectivity index (χ3n) is 4.85. The Hall–Kier alpha value is -4.27. The Labute approximate surface area is 182 Å². The van der Waals surface area contributed by atoms with Crippen molar-refractivity contribution in [1.29, 1.82) is 0 Å². The van der Waals surface area contributed by atoms with Crippen molar-refractivity contribution in [2.24, 2.45) is 0 Å². The largest absolute Gasteiger partial charge is 0.497 e. The lowest BCUT2D eigenvalue weighted by atomic mass is 10.1. The van der Waals surface area contributed by atoms with Crippen LogP contribution in [-0.4, -0.2) is 39.3 Å². The minimum absolute atomic E-state index is 0.226. The number of aromatic nitrogens is 4. The molecule has 162 valence electrons. The average Bonchev–Trinajstić information content (AvgIpc) is 3.31. The molecule has 0 aliphatic rings. The van der Waals surface area contributed by atoms with Crippen LogP contribution < -0.4 is 15.6 Å². The molecule has 2 heterocycles.